The molecule has 1 amide bonds. The van der Waals surface area contributed by atoms with Gasteiger partial charge in [-0.3, -0.25) is 0 Å². The molecule has 0 bridgehead atoms. The minimum absolute atomic E-state index is 0.312. The first kappa shape index (κ1) is 20.2. The molecule has 0 spiro atoms. The van der Waals surface area contributed by atoms with Gasteiger partial charge in [-0.2, -0.15) is 0 Å². The molecule has 0 aromatic carbocycles. The summed E-state index contributed by atoms with van der Waals surface area (Å²) in [5.41, 5.74) is 0.175. The molecule has 0 aromatic heterocycles. The predicted molar refractivity (Wildman–Crippen MR) is 93.6 cm³/mol. The van der Waals surface area contributed by atoms with E-state index in [1.54, 1.807) is 7.11 Å². The Balaban J connectivity index is 2.31. The number of methoxy groups -OCH3 is 1. The number of hydrogen-bond acceptors (Lipinski definition) is 4. The van der Waals surface area contributed by atoms with Gasteiger partial charge in [-0.15, -0.1) is 0 Å². The molecule has 1 rings (SSSR count). The number of ether oxygens (including phenoxy) is 2. The van der Waals surface area contributed by atoms with E-state index >= 15 is 0 Å². The Morgan fingerprint density at radius 1 is 1.17 bits per heavy atom. The van der Waals surface area contributed by atoms with Crippen molar-refractivity contribution in [2.75, 3.05) is 20.3 Å². The largest absolute Gasteiger partial charge is 0.444 e. The van der Waals surface area contributed by atoms with Gasteiger partial charge in [0.05, 0.1) is 6.61 Å². The van der Waals surface area contributed by atoms with Crippen LogP contribution in [0.5, 0.6) is 0 Å². The van der Waals surface area contributed by atoms with Gasteiger partial charge in [0.15, 0.2) is 0 Å². The number of carbonyl (C=O) groups excluding carboxylic acids is 1. The van der Waals surface area contributed by atoms with E-state index in [-0.39, 0.29) is 6.09 Å². The normalized spacial score (nSPS) is 20.9. The number of hydrogen-bond donors (Lipinski definition) is 2. The summed E-state index contributed by atoms with van der Waals surface area (Å²) in [6.07, 6.45) is 1.51. The summed E-state index contributed by atoms with van der Waals surface area (Å²) in [6, 6.07) is 0.820. The maximum absolute atomic E-state index is 11.6. The summed E-state index contributed by atoms with van der Waals surface area (Å²) in [5, 5.41) is 6.54. The minimum atomic E-state index is -0.451. The third kappa shape index (κ3) is 5.64. The van der Waals surface area contributed by atoms with E-state index in [4.69, 9.17) is 9.47 Å². The second-order valence-corrected chi connectivity index (χ2v) is 8.77. The van der Waals surface area contributed by atoms with E-state index < -0.39 is 5.60 Å². The van der Waals surface area contributed by atoms with Crippen LogP contribution in [0.15, 0.2) is 0 Å². The summed E-state index contributed by atoms with van der Waals surface area (Å²) < 4.78 is 10.6. The lowest BCUT2D eigenvalue weighted by Crippen LogP contribution is -2.38. The molecule has 5 heteroatoms. The highest BCUT2D eigenvalue weighted by Crippen LogP contribution is 2.62. The summed E-state index contributed by atoms with van der Waals surface area (Å²) >= 11 is 0. The second kappa shape index (κ2) is 7.39. The van der Waals surface area contributed by atoms with Crippen molar-refractivity contribution in [1.82, 2.24) is 10.6 Å². The Morgan fingerprint density at radius 3 is 2.17 bits per heavy atom. The molecule has 0 heterocycles. The molecular weight excluding hydrogens is 292 g/mol. The van der Waals surface area contributed by atoms with Crippen LogP contribution in [-0.4, -0.2) is 44.0 Å². The fourth-order valence-electron chi connectivity index (χ4n) is 3.12. The van der Waals surface area contributed by atoms with Crippen LogP contribution in [0.3, 0.4) is 0 Å². The van der Waals surface area contributed by atoms with Crippen molar-refractivity contribution in [1.29, 1.82) is 0 Å². The van der Waals surface area contributed by atoms with Gasteiger partial charge in [0.25, 0.3) is 0 Å². The van der Waals surface area contributed by atoms with Gasteiger partial charge in [-0.25, -0.2) is 4.79 Å². The summed E-state index contributed by atoms with van der Waals surface area (Å²) in [5.74, 6) is 0. The fraction of sp³-hybridized carbons (Fsp3) is 0.944. The second-order valence-electron chi connectivity index (χ2n) is 8.77. The average molecular weight is 328 g/mol. The molecule has 136 valence electrons. The number of amides is 1. The number of alkyl carbamates (subject to hydrolysis) is 1. The van der Waals surface area contributed by atoms with Crippen molar-refractivity contribution >= 4 is 6.09 Å². The Labute approximate surface area is 141 Å². The maximum Gasteiger partial charge on any atom is 0.407 e. The van der Waals surface area contributed by atoms with Gasteiger partial charge < -0.3 is 20.1 Å². The van der Waals surface area contributed by atoms with E-state index in [9.17, 15) is 4.79 Å². The molecule has 1 saturated carbocycles. The Hall–Kier alpha value is -0.810. The smallest absolute Gasteiger partial charge is 0.407 e. The van der Waals surface area contributed by atoms with E-state index in [1.165, 1.54) is 0 Å². The van der Waals surface area contributed by atoms with Crippen molar-refractivity contribution in [3.05, 3.63) is 0 Å². The van der Waals surface area contributed by atoms with Crippen molar-refractivity contribution in [3.8, 4) is 0 Å². The summed E-state index contributed by atoms with van der Waals surface area (Å²) in [4.78, 5) is 11.6. The number of nitrogens with one attached hydrogen (secondary N) is 2. The van der Waals surface area contributed by atoms with Gasteiger partial charge in [0.2, 0.25) is 0 Å². The highest BCUT2D eigenvalue weighted by Gasteiger charge is 2.64. The van der Waals surface area contributed by atoms with Crippen LogP contribution in [0.2, 0.25) is 0 Å². The minimum Gasteiger partial charge on any atom is -0.444 e. The van der Waals surface area contributed by atoms with Crippen LogP contribution in [0, 0.1) is 10.8 Å². The van der Waals surface area contributed by atoms with Crippen LogP contribution < -0.4 is 10.6 Å². The fourth-order valence-corrected chi connectivity index (χ4v) is 3.12. The lowest BCUT2D eigenvalue weighted by molar-refractivity contribution is 0.0526. The van der Waals surface area contributed by atoms with Crippen molar-refractivity contribution < 1.29 is 14.3 Å². The Bertz CT molecular complexity index is 386. The van der Waals surface area contributed by atoms with Crippen molar-refractivity contribution in [3.63, 3.8) is 0 Å². The topological polar surface area (TPSA) is 59.6 Å². The van der Waals surface area contributed by atoms with Crippen LogP contribution in [0.25, 0.3) is 0 Å². The molecule has 0 radical (unpaired) electrons. The third-order valence-corrected chi connectivity index (χ3v) is 5.19. The van der Waals surface area contributed by atoms with E-state index in [2.05, 4.69) is 38.3 Å². The molecule has 5 nitrogen and oxygen atoms in total. The molecule has 1 aliphatic carbocycles. The van der Waals surface area contributed by atoms with Crippen LogP contribution in [-0.2, 0) is 9.47 Å². The molecular formula is C18H36N2O3. The van der Waals surface area contributed by atoms with Gasteiger partial charge >= 0.3 is 6.09 Å². The lowest BCUT2D eigenvalue weighted by Gasteiger charge is -2.21. The standard InChI is InChI=1S/C18H36N2O3/c1-16(2,3)23-15(21)19-11-9-10-13(12-22-8)20-14-17(4,5)18(14,6)7/h13-14,20H,9-12H2,1-8H3,(H,19,21). The van der Waals surface area contributed by atoms with E-state index in [0.717, 1.165) is 12.8 Å². The molecule has 1 fully saturated rings. The highest BCUT2D eigenvalue weighted by molar-refractivity contribution is 5.67. The van der Waals surface area contributed by atoms with Crippen LogP contribution >= 0.6 is 0 Å². The van der Waals surface area contributed by atoms with Gasteiger partial charge in [0.1, 0.15) is 5.60 Å². The summed E-state index contributed by atoms with van der Waals surface area (Å²) in [6.45, 7) is 16.1. The molecule has 0 saturated heterocycles. The predicted octanol–water partition coefficient (Wildman–Crippen LogP) is 3.33. The molecule has 1 unspecified atom stereocenters. The number of rotatable bonds is 8. The van der Waals surface area contributed by atoms with E-state index in [1.807, 2.05) is 20.8 Å². The zero-order chi connectivity index (χ0) is 17.9. The van der Waals surface area contributed by atoms with Crippen molar-refractivity contribution in [2.45, 2.75) is 79.0 Å². The first-order chi connectivity index (χ1) is 10.4. The van der Waals surface area contributed by atoms with Gasteiger partial charge in [-0.1, -0.05) is 27.7 Å². The monoisotopic (exact) mass is 328 g/mol. The van der Waals surface area contributed by atoms with Crippen LogP contribution in [0.1, 0.15) is 61.3 Å². The quantitative estimate of drug-likeness (QED) is 0.671. The van der Waals surface area contributed by atoms with E-state index in [0.29, 0.717) is 36.1 Å². The number of carbonyl (C=O) groups is 1. The Morgan fingerprint density at radius 2 is 1.74 bits per heavy atom. The maximum atomic E-state index is 11.6. The first-order valence-electron chi connectivity index (χ1n) is 8.63. The molecule has 23 heavy (non-hydrogen) atoms. The first-order valence-corrected chi connectivity index (χ1v) is 8.63. The third-order valence-electron chi connectivity index (χ3n) is 5.19. The molecule has 1 aliphatic rings. The zero-order valence-electron chi connectivity index (χ0n) is 16.2. The molecule has 0 aliphatic heterocycles. The highest BCUT2D eigenvalue weighted by atomic mass is 16.6. The van der Waals surface area contributed by atoms with Crippen molar-refractivity contribution in [2.24, 2.45) is 10.8 Å². The zero-order valence-corrected chi connectivity index (χ0v) is 16.2. The SMILES string of the molecule is COCC(CCCNC(=O)OC(C)(C)C)NC1C(C)(C)C1(C)C. The summed E-state index contributed by atoms with van der Waals surface area (Å²) in [7, 11) is 1.73. The van der Waals surface area contributed by atoms with Crippen LogP contribution in [0.4, 0.5) is 4.79 Å². The molecule has 0 aromatic rings. The van der Waals surface area contributed by atoms with Gasteiger partial charge in [-0.05, 0) is 44.4 Å². The van der Waals surface area contributed by atoms with Gasteiger partial charge in [0, 0.05) is 25.7 Å². The molecule has 2 N–H and O–H groups in total. The lowest BCUT2D eigenvalue weighted by atomic mass is 10.0. The average Bonchev–Trinajstić information content (AvgIpc) is 2.75. The Kier molecular flexibility index (Phi) is 6.50. The molecule has 1 atom stereocenters.